The van der Waals surface area contributed by atoms with E-state index < -0.39 is 0 Å². The summed E-state index contributed by atoms with van der Waals surface area (Å²) in [6.45, 7) is 5.42. The van der Waals surface area contributed by atoms with E-state index in [1.54, 1.807) is 0 Å². The molecule has 2 N–H and O–H groups in total. The number of aryl methyl sites for hydroxylation is 1. The molecule has 1 aromatic heterocycles. The van der Waals surface area contributed by atoms with Crippen LogP contribution in [0.2, 0.25) is 0 Å². The van der Waals surface area contributed by atoms with Crippen LogP contribution in [0.4, 0.5) is 0 Å². The lowest BCUT2D eigenvalue weighted by Gasteiger charge is -2.08. The van der Waals surface area contributed by atoms with Gasteiger partial charge in [-0.25, -0.2) is 4.98 Å². The number of H-pyrrole nitrogens is 1. The van der Waals surface area contributed by atoms with E-state index in [2.05, 4.69) is 20.5 Å². The first kappa shape index (κ1) is 18.1. The summed E-state index contributed by atoms with van der Waals surface area (Å²) in [5, 5.41) is 10.2. The van der Waals surface area contributed by atoms with Crippen LogP contribution in [0.5, 0.6) is 11.5 Å². The minimum Gasteiger partial charge on any atom is -0.494 e. The molecule has 0 aliphatic heterocycles. The molecule has 2 rings (SSSR count). The zero-order valence-corrected chi connectivity index (χ0v) is 14.7. The molecule has 130 valence electrons. The van der Waals surface area contributed by atoms with E-state index in [0.29, 0.717) is 24.9 Å². The predicted octanol–water partition coefficient (Wildman–Crippen LogP) is 2.05. The molecule has 0 aliphatic carbocycles. The molecular formula is C16H22N4O3S. The first-order valence-corrected chi connectivity index (χ1v) is 8.86. The van der Waals surface area contributed by atoms with Crippen molar-refractivity contribution < 1.29 is 14.3 Å². The number of amides is 1. The molecule has 0 saturated carbocycles. The highest BCUT2D eigenvalue weighted by Gasteiger charge is 2.06. The minimum absolute atomic E-state index is 0.0712. The van der Waals surface area contributed by atoms with Gasteiger partial charge in [-0.05, 0) is 31.2 Å². The average molecular weight is 350 g/mol. The average Bonchev–Trinajstić information content (AvgIpc) is 3.07. The number of carbonyl (C=O) groups excluding carboxylic acids is 1. The Labute approximate surface area is 145 Å². The molecule has 24 heavy (non-hydrogen) atoms. The van der Waals surface area contributed by atoms with Gasteiger partial charge in [-0.15, -0.1) is 5.10 Å². The number of nitrogens with zero attached hydrogens (tertiary/aromatic N) is 2. The Hall–Kier alpha value is -2.22. The molecule has 7 nitrogen and oxygen atoms in total. The number of hydrogen-bond donors (Lipinski definition) is 2. The first-order chi connectivity index (χ1) is 11.7. The van der Waals surface area contributed by atoms with Crippen molar-refractivity contribution in [1.29, 1.82) is 0 Å². The fraction of sp³-hybridized carbons (Fsp3) is 0.438. The Morgan fingerprint density at radius 1 is 1.21 bits per heavy atom. The first-order valence-electron chi connectivity index (χ1n) is 7.87. The van der Waals surface area contributed by atoms with Gasteiger partial charge in [0.25, 0.3) is 0 Å². The van der Waals surface area contributed by atoms with Gasteiger partial charge in [-0.3, -0.25) is 9.89 Å². The molecule has 0 radical (unpaired) electrons. The zero-order valence-electron chi connectivity index (χ0n) is 13.9. The number of aromatic amines is 1. The van der Waals surface area contributed by atoms with Crippen LogP contribution in [0.15, 0.2) is 29.4 Å². The van der Waals surface area contributed by atoms with Gasteiger partial charge in [0, 0.05) is 6.42 Å². The van der Waals surface area contributed by atoms with Crippen molar-refractivity contribution in [2.45, 2.75) is 25.4 Å². The number of carbonyl (C=O) groups is 1. The number of thioether (sulfide) groups is 1. The molecule has 1 aromatic carbocycles. The Balaban J connectivity index is 1.60. The minimum atomic E-state index is -0.0712. The van der Waals surface area contributed by atoms with Crippen molar-refractivity contribution in [2.24, 2.45) is 0 Å². The molecule has 0 unspecified atom stereocenters. The summed E-state index contributed by atoms with van der Waals surface area (Å²) in [5.74, 6) is 2.59. The van der Waals surface area contributed by atoms with Gasteiger partial charge in [-0.2, -0.15) is 0 Å². The summed E-state index contributed by atoms with van der Waals surface area (Å²) in [4.78, 5) is 16.0. The van der Waals surface area contributed by atoms with Crippen LogP contribution in [-0.4, -0.2) is 46.6 Å². The number of rotatable bonds is 10. The maximum Gasteiger partial charge on any atom is 0.230 e. The highest BCUT2D eigenvalue weighted by molar-refractivity contribution is 7.99. The monoisotopic (exact) mass is 350 g/mol. The van der Waals surface area contributed by atoms with E-state index in [1.807, 2.05) is 38.1 Å². The van der Waals surface area contributed by atoms with E-state index >= 15 is 0 Å². The molecular weight excluding hydrogens is 328 g/mol. The van der Waals surface area contributed by atoms with Gasteiger partial charge in [0.1, 0.15) is 23.9 Å². The molecule has 0 saturated heterocycles. The maximum atomic E-state index is 11.8. The fourth-order valence-corrected chi connectivity index (χ4v) is 2.49. The topological polar surface area (TPSA) is 89.1 Å². The smallest absolute Gasteiger partial charge is 0.230 e. The van der Waals surface area contributed by atoms with Crippen LogP contribution in [0.1, 0.15) is 19.7 Å². The fourth-order valence-electron chi connectivity index (χ4n) is 1.84. The van der Waals surface area contributed by atoms with Gasteiger partial charge in [-0.1, -0.05) is 18.7 Å². The summed E-state index contributed by atoms with van der Waals surface area (Å²) in [6, 6.07) is 7.40. The van der Waals surface area contributed by atoms with Crippen LogP contribution < -0.4 is 14.8 Å². The van der Waals surface area contributed by atoms with Crippen molar-refractivity contribution in [3.05, 3.63) is 30.1 Å². The highest BCUT2D eigenvalue weighted by atomic mass is 32.2. The molecule has 0 fully saturated rings. The Morgan fingerprint density at radius 3 is 2.54 bits per heavy atom. The van der Waals surface area contributed by atoms with Gasteiger partial charge >= 0.3 is 0 Å². The van der Waals surface area contributed by atoms with Crippen LogP contribution in [0.3, 0.4) is 0 Å². The standard InChI is InChI=1S/C16H22N4O3S/c1-3-14-18-16(20-19-14)24-11-15(21)17-9-10-23-13-7-5-12(6-8-13)22-4-2/h5-8H,3-4,9-11H2,1-2H3,(H,17,21)(H,18,19,20). The number of ether oxygens (including phenoxy) is 2. The van der Waals surface area contributed by atoms with Gasteiger partial charge in [0.2, 0.25) is 11.1 Å². The van der Waals surface area contributed by atoms with E-state index in [9.17, 15) is 4.79 Å². The van der Waals surface area contributed by atoms with Crippen LogP contribution in [0, 0.1) is 0 Å². The Kier molecular flexibility index (Phi) is 7.41. The van der Waals surface area contributed by atoms with E-state index in [-0.39, 0.29) is 11.7 Å². The molecule has 1 heterocycles. The number of benzene rings is 1. The van der Waals surface area contributed by atoms with Crippen molar-refractivity contribution in [3.8, 4) is 11.5 Å². The normalized spacial score (nSPS) is 10.4. The molecule has 0 aliphatic rings. The molecule has 0 bridgehead atoms. The Morgan fingerprint density at radius 2 is 1.92 bits per heavy atom. The lowest BCUT2D eigenvalue weighted by atomic mass is 10.3. The lowest BCUT2D eigenvalue weighted by molar-refractivity contribution is -0.118. The highest BCUT2D eigenvalue weighted by Crippen LogP contribution is 2.17. The molecule has 2 aromatic rings. The third-order valence-corrected chi connectivity index (χ3v) is 3.85. The van der Waals surface area contributed by atoms with Crippen LogP contribution in [-0.2, 0) is 11.2 Å². The van der Waals surface area contributed by atoms with E-state index in [4.69, 9.17) is 9.47 Å². The molecule has 0 spiro atoms. The van der Waals surface area contributed by atoms with E-state index in [0.717, 1.165) is 23.7 Å². The second-order valence-electron chi connectivity index (χ2n) is 4.81. The van der Waals surface area contributed by atoms with Gasteiger partial charge in [0.05, 0.1) is 18.9 Å². The summed E-state index contributed by atoms with van der Waals surface area (Å²) >= 11 is 1.31. The van der Waals surface area contributed by atoms with Gasteiger partial charge in [0.15, 0.2) is 0 Å². The molecule has 1 amide bonds. The summed E-state index contributed by atoms with van der Waals surface area (Å²) in [7, 11) is 0. The summed E-state index contributed by atoms with van der Waals surface area (Å²) < 4.78 is 10.9. The Bertz CT molecular complexity index is 631. The quantitative estimate of drug-likeness (QED) is 0.504. The second kappa shape index (κ2) is 9.82. The maximum absolute atomic E-state index is 11.8. The van der Waals surface area contributed by atoms with Crippen molar-refractivity contribution in [3.63, 3.8) is 0 Å². The largest absolute Gasteiger partial charge is 0.494 e. The molecule has 0 atom stereocenters. The third-order valence-electron chi connectivity index (χ3n) is 3.01. The lowest BCUT2D eigenvalue weighted by Crippen LogP contribution is -2.29. The second-order valence-corrected chi connectivity index (χ2v) is 5.75. The third kappa shape index (κ3) is 6.11. The van der Waals surface area contributed by atoms with Crippen molar-refractivity contribution in [2.75, 3.05) is 25.5 Å². The van der Waals surface area contributed by atoms with Crippen molar-refractivity contribution >= 4 is 17.7 Å². The summed E-state index contributed by atoms with van der Waals surface area (Å²) in [6.07, 6.45) is 0.794. The molecule has 8 heteroatoms. The summed E-state index contributed by atoms with van der Waals surface area (Å²) in [5.41, 5.74) is 0. The van der Waals surface area contributed by atoms with Crippen molar-refractivity contribution in [1.82, 2.24) is 20.5 Å². The predicted molar refractivity (Wildman–Crippen MR) is 92.6 cm³/mol. The number of aromatic nitrogens is 3. The van der Waals surface area contributed by atoms with Crippen LogP contribution in [0.25, 0.3) is 0 Å². The SMILES string of the molecule is CCOc1ccc(OCCNC(=O)CSc2n[nH]c(CC)n2)cc1. The van der Waals surface area contributed by atoms with Crippen LogP contribution >= 0.6 is 11.8 Å². The number of hydrogen-bond acceptors (Lipinski definition) is 6. The number of nitrogens with one attached hydrogen (secondary N) is 2. The zero-order chi connectivity index (χ0) is 17.2. The van der Waals surface area contributed by atoms with Gasteiger partial charge < -0.3 is 14.8 Å². The van der Waals surface area contributed by atoms with E-state index in [1.165, 1.54) is 11.8 Å².